The number of nitrogens with one attached hydrogen (secondary N) is 2. The maximum atomic E-state index is 13.4. The predicted octanol–water partition coefficient (Wildman–Crippen LogP) is 4.57. The van der Waals surface area contributed by atoms with E-state index in [0.29, 0.717) is 37.9 Å². The van der Waals surface area contributed by atoms with Crippen molar-refractivity contribution in [1.82, 2.24) is 15.1 Å². The van der Waals surface area contributed by atoms with Crippen LogP contribution < -0.4 is 16.4 Å². The van der Waals surface area contributed by atoms with Gasteiger partial charge in [-0.2, -0.15) is 26.3 Å². The molecule has 222 valence electrons. The Balaban J connectivity index is 1.41. The Hall–Kier alpha value is -4.17. The van der Waals surface area contributed by atoms with Gasteiger partial charge in [-0.25, -0.2) is 14.4 Å². The minimum absolute atomic E-state index is 0.151. The van der Waals surface area contributed by atoms with E-state index in [1.807, 2.05) is 18.2 Å². The average molecular weight is 588 g/mol. The molecular weight excluding hydrogens is 560 g/mol. The van der Waals surface area contributed by atoms with Crippen LogP contribution >= 0.6 is 0 Å². The summed E-state index contributed by atoms with van der Waals surface area (Å²) in [5, 5.41) is 14.7. The molecule has 2 heterocycles. The maximum Gasteiger partial charge on any atom is 0.418 e. The number of nitrogens with zero attached hydrogens (tertiary/aromatic N) is 2. The molecule has 5 N–H and O–H groups in total. The zero-order chi connectivity index (χ0) is 30.1. The van der Waals surface area contributed by atoms with Crippen LogP contribution in [0.15, 0.2) is 36.4 Å². The summed E-state index contributed by atoms with van der Waals surface area (Å²) in [5.74, 6) is -1.65. The van der Waals surface area contributed by atoms with Crippen molar-refractivity contribution in [2.24, 2.45) is 0 Å². The molecule has 9 nitrogen and oxygen atoms in total. The van der Waals surface area contributed by atoms with Crippen LogP contribution in [0.4, 0.5) is 47.3 Å². The molecule has 0 aliphatic carbocycles. The standard InChI is InChI=1S/C26H27F6N5O4/c27-25(28,29)17-11-14(12-18(21(17)33)26(30,31)32)13-20(22(38)39)35-23(40)36-8-6-16(7-9-36)37-10-5-15-3-1-2-4-19(15)34-24(37)41/h1-4,11-12,16,20H,5-10,13,33H2,(H,34,41)(H,35,40)(H,38,39)/t20-/m1/s1. The van der Waals surface area contributed by atoms with Crippen molar-refractivity contribution in [2.45, 2.75) is 50.1 Å². The van der Waals surface area contributed by atoms with Crippen molar-refractivity contribution in [3.8, 4) is 0 Å². The largest absolute Gasteiger partial charge is 0.480 e. The third kappa shape index (κ3) is 6.77. The molecule has 2 aromatic carbocycles. The Labute approximate surface area is 230 Å². The van der Waals surface area contributed by atoms with Gasteiger partial charge in [0, 0.05) is 37.8 Å². The van der Waals surface area contributed by atoms with Gasteiger partial charge >= 0.3 is 30.4 Å². The van der Waals surface area contributed by atoms with E-state index in [1.54, 1.807) is 11.0 Å². The lowest BCUT2D eigenvalue weighted by atomic mass is 9.97. The molecule has 0 saturated carbocycles. The number of nitrogen functional groups attached to an aromatic ring is 1. The molecule has 15 heteroatoms. The summed E-state index contributed by atoms with van der Waals surface area (Å²) in [6, 6.07) is 4.99. The summed E-state index contributed by atoms with van der Waals surface area (Å²) in [6.07, 6.45) is -9.89. The number of fused-ring (bicyclic) bond motifs is 1. The predicted molar refractivity (Wildman–Crippen MR) is 135 cm³/mol. The van der Waals surface area contributed by atoms with E-state index in [9.17, 15) is 45.8 Å². The van der Waals surface area contributed by atoms with Gasteiger partial charge in [-0.15, -0.1) is 0 Å². The summed E-state index contributed by atoms with van der Waals surface area (Å²) < 4.78 is 80.2. The number of hydrogen-bond donors (Lipinski definition) is 4. The fourth-order valence-electron chi connectivity index (χ4n) is 5.09. The Morgan fingerprint density at radius 3 is 2.17 bits per heavy atom. The van der Waals surface area contributed by atoms with Crippen molar-refractivity contribution >= 4 is 29.4 Å². The first kappa shape index (κ1) is 29.8. The number of urea groups is 2. The highest BCUT2D eigenvalue weighted by atomic mass is 19.4. The number of carbonyl (C=O) groups is 3. The minimum atomic E-state index is -5.22. The van der Waals surface area contributed by atoms with Crippen molar-refractivity contribution in [3.05, 3.63) is 58.7 Å². The lowest BCUT2D eigenvalue weighted by molar-refractivity contribution is -0.141. The second kappa shape index (κ2) is 11.4. The van der Waals surface area contributed by atoms with Crippen LogP contribution in [0.25, 0.3) is 0 Å². The lowest BCUT2D eigenvalue weighted by Crippen LogP contribution is -2.54. The average Bonchev–Trinajstić information content (AvgIpc) is 3.05. The first-order valence-corrected chi connectivity index (χ1v) is 12.7. The fraction of sp³-hybridized carbons (Fsp3) is 0.423. The number of benzene rings is 2. The van der Waals surface area contributed by atoms with Gasteiger partial charge in [0.05, 0.1) is 16.8 Å². The van der Waals surface area contributed by atoms with Gasteiger partial charge < -0.3 is 31.3 Å². The molecule has 2 aromatic rings. The van der Waals surface area contributed by atoms with Gasteiger partial charge in [-0.05, 0) is 48.6 Å². The Kier molecular flexibility index (Phi) is 8.27. The number of amides is 4. The molecule has 0 aromatic heterocycles. The normalized spacial score (nSPS) is 17.4. The zero-order valence-electron chi connectivity index (χ0n) is 21.5. The summed E-state index contributed by atoms with van der Waals surface area (Å²) in [5.41, 5.74) is 1.22. The molecule has 0 unspecified atom stereocenters. The number of rotatable bonds is 5. The van der Waals surface area contributed by atoms with E-state index in [1.165, 1.54) is 4.90 Å². The number of nitrogens with two attached hydrogens (primary N) is 1. The second-order valence-electron chi connectivity index (χ2n) is 9.89. The van der Waals surface area contributed by atoms with E-state index in [4.69, 9.17) is 5.73 Å². The number of aliphatic carboxylic acids is 1. The van der Waals surface area contributed by atoms with Crippen LogP contribution in [0.2, 0.25) is 0 Å². The molecule has 41 heavy (non-hydrogen) atoms. The van der Waals surface area contributed by atoms with Gasteiger partial charge in [0.1, 0.15) is 6.04 Å². The summed E-state index contributed by atoms with van der Waals surface area (Å²) in [7, 11) is 0. The van der Waals surface area contributed by atoms with Gasteiger partial charge in [-0.1, -0.05) is 18.2 Å². The third-order valence-corrected chi connectivity index (χ3v) is 7.22. The molecular formula is C26H27F6N5O4. The van der Waals surface area contributed by atoms with Crippen molar-refractivity contribution in [3.63, 3.8) is 0 Å². The van der Waals surface area contributed by atoms with Crippen LogP contribution in [0.5, 0.6) is 0 Å². The fourth-order valence-corrected chi connectivity index (χ4v) is 5.09. The molecule has 4 amide bonds. The SMILES string of the molecule is Nc1c(C(F)(F)F)cc(C[C@@H](NC(=O)N2CCC(N3CCc4ccccc4NC3=O)CC2)C(=O)O)cc1C(F)(F)F. The molecule has 0 radical (unpaired) electrons. The maximum absolute atomic E-state index is 13.4. The van der Waals surface area contributed by atoms with E-state index in [0.717, 1.165) is 11.3 Å². The first-order chi connectivity index (χ1) is 19.1. The number of anilines is 2. The number of carboxylic acid groups (broad SMARTS) is 1. The van der Waals surface area contributed by atoms with Crippen molar-refractivity contribution in [1.29, 1.82) is 0 Å². The van der Waals surface area contributed by atoms with Gasteiger partial charge in [0.25, 0.3) is 0 Å². The minimum Gasteiger partial charge on any atom is -0.480 e. The number of para-hydroxylation sites is 1. The topological polar surface area (TPSA) is 128 Å². The molecule has 2 aliphatic heterocycles. The highest BCUT2D eigenvalue weighted by Gasteiger charge is 2.41. The van der Waals surface area contributed by atoms with Gasteiger partial charge in [0.2, 0.25) is 0 Å². The number of hydrogen-bond acceptors (Lipinski definition) is 4. The summed E-state index contributed by atoms with van der Waals surface area (Å²) in [4.78, 5) is 40.4. The Bertz CT molecular complexity index is 1290. The molecule has 0 spiro atoms. The number of halogens is 6. The molecule has 1 saturated heterocycles. The number of likely N-dealkylation sites (tertiary alicyclic amines) is 1. The number of carboxylic acids is 1. The van der Waals surface area contributed by atoms with Crippen LogP contribution in [0, 0.1) is 0 Å². The molecule has 1 fully saturated rings. The summed E-state index contributed by atoms with van der Waals surface area (Å²) in [6.45, 7) is 0.762. The molecule has 0 bridgehead atoms. The number of piperidine rings is 1. The van der Waals surface area contributed by atoms with Crippen LogP contribution in [-0.4, -0.2) is 64.7 Å². The van der Waals surface area contributed by atoms with Crippen LogP contribution in [0.1, 0.15) is 35.1 Å². The van der Waals surface area contributed by atoms with E-state index >= 15 is 0 Å². The lowest BCUT2D eigenvalue weighted by Gasteiger charge is -2.38. The van der Waals surface area contributed by atoms with E-state index in [2.05, 4.69) is 10.6 Å². The smallest absolute Gasteiger partial charge is 0.418 e. The number of alkyl halides is 6. The van der Waals surface area contributed by atoms with Crippen LogP contribution in [-0.2, 0) is 30.0 Å². The van der Waals surface area contributed by atoms with Gasteiger partial charge in [-0.3, -0.25) is 0 Å². The number of carbonyl (C=O) groups excluding carboxylic acids is 2. The van der Waals surface area contributed by atoms with Gasteiger partial charge in [0.15, 0.2) is 0 Å². The van der Waals surface area contributed by atoms with Crippen LogP contribution in [0.3, 0.4) is 0 Å². The Morgan fingerprint density at radius 2 is 1.61 bits per heavy atom. The monoisotopic (exact) mass is 587 g/mol. The molecule has 2 aliphatic rings. The third-order valence-electron chi connectivity index (χ3n) is 7.22. The Morgan fingerprint density at radius 1 is 1.02 bits per heavy atom. The second-order valence-corrected chi connectivity index (χ2v) is 9.89. The van der Waals surface area contributed by atoms with E-state index < -0.39 is 59.2 Å². The van der Waals surface area contributed by atoms with Crippen molar-refractivity contribution in [2.75, 3.05) is 30.7 Å². The zero-order valence-corrected chi connectivity index (χ0v) is 21.5. The highest BCUT2D eigenvalue weighted by molar-refractivity contribution is 5.91. The van der Waals surface area contributed by atoms with E-state index in [-0.39, 0.29) is 25.2 Å². The summed E-state index contributed by atoms with van der Waals surface area (Å²) >= 11 is 0. The van der Waals surface area contributed by atoms with Crippen molar-refractivity contribution < 1.29 is 45.8 Å². The quantitative estimate of drug-likeness (QED) is 0.301. The molecule has 4 rings (SSSR count). The molecule has 1 atom stereocenters. The first-order valence-electron chi connectivity index (χ1n) is 12.7. The highest BCUT2D eigenvalue weighted by Crippen LogP contribution is 2.42.